The van der Waals surface area contributed by atoms with Crippen LogP contribution in [0.15, 0.2) is 73.1 Å². The van der Waals surface area contributed by atoms with Crippen LogP contribution in [0, 0.1) is 11.3 Å². The molecule has 3 heterocycles. The van der Waals surface area contributed by atoms with Crippen LogP contribution in [0.4, 0.5) is 5.13 Å². The van der Waals surface area contributed by atoms with Gasteiger partial charge in [-0.1, -0.05) is 22.0 Å². The average Bonchev–Trinajstić information content (AvgIpc) is 3.63. The first-order valence-corrected chi connectivity index (χ1v) is 13.8. The molecule has 194 valence electrons. The van der Waals surface area contributed by atoms with Crippen LogP contribution in [-0.4, -0.2) is 29.6 Å². The van der Waals surface area contributed by atoms with Gasteiger partial charge in [-0.3, -0.25) is 10.1 Å². The molecule has 0 atom stereocenters. The number of rotatable bonds is 8. The van der Waals surface area contributed by atoms with Crippen molar-refractivity contribution in [3.8, 4) is 28.8 Å². The number of nitriles is 1. The first kappa shape index (κ1) is 26.3. The SMILES string of the molecule is COc1cc(/C=C(\C#N)c2nc(-c3cc4cc(Br)ccc4oc3=O)cs2)ccc1OCC(=O)Nc1nccs1. The second-order valence-corrected chi connectivity index (χ2v) is 10.6. The molecule has 0 radical (unpaired) electrons. The predicted octanol–water partition coefficient (Wildman–Crippen LogP) is 6.23. The van der Waals surface area contributed by atoms with Crippen molar-refractivity contribution in [2.45, 2.75) is 0 Å². The molecule has 0 saturated carbocycles. The molecule has 0 aliphatic heterocycles. The van der Waals surface area contributed by atoms with Crippen molar-refractivity contribution in [2.75, 3.05) is 19.0 Å². The molecule has 0 unspecified atom stereocenters. The van der Waals surface area contributed by atoms with E-state index in [4.69, 9.17) is 13.9 Å². The number of carbonyl (C=O) groups excluding carboxylic acids is 1. The summed E-state index contributed by atoms with van der Waals surface area (Å²) in [5.41, 5.74) is 1.66. The van der Waals surface area contributed by atoms with Crippen molar-refractivity contribution < 1.29 is 18.7 Å². The minimum absolute atomic E-state index is 0.226. The highest BCUT2D eigenvalue weighted by molar-refractivity contribution is 9.10. The molecule has 5 aromatic rings. The Morgan fingerprint density at radius 2 is 2.08 bits per heavy atom. The topological polar surface area (TPSA) is 127 Å². The molecule has 3 aromatic heterocycles. The Labute approximate surface area is 238 Å². The van der Waals surface area contributed by atoms with Crippen LogP contribution in [0.1, 0.15) is 10.6 Å². The zero-order valence-electron chi connectivity index (χ0n) is 20.1. The van der Waals surface area contributed by atoms with E-state index in [0.717, 1.165) is 9.86 Å². The van der Waals surface area contributed by atoms with Crippen molar-refractivity contribution in [2.24, 2.45) is 0 Å². The number of nitrogens with one attached hydrogen (secondary N) is 1. The van der Waals surface area contributed by atoms with Crippen LogP contribution in [0.2, 0.25) is 0 Å². The van der Waals surface area contributed by atoms with Crippen LogP contribution >= 0.6 is 38.6 Å². The van der Waals surface area contributed by atoms with E-state index in [1.165, 1.54) is 29.8 Å². The summed E-state index contributed by atoms with van der Waals surface area (Å²) in [7, 11) is 1.48. The van der Waals surface area contributed by atoms with Gasteiger partial charge in [0.2, 0.25) is 0 Å². The highest BCUT2D eigenvalue weighted by Gasteiger charge is 2.15. The van der Waals surface area contributed by atoms with E-state index in [1.807, 2.05) is 6.07 Å². The molecule has 0 aliphatic rings. The molecule has 0 aliphatic carbocycles. The summed E-state index contributed by atoms with van der Waals surface area (Å²) in [5, 5.41) is 17.6. The fourth-order valence-corrected chi connectivity index (χ4v) is 5.29. The Hall–Kier alpha value is -4.31. The maximum absolute atomic E-state index is 12.6. The van der Waals surface area contributed by atoms with Gasteiger partial charge in [-0.15, -0.1) is 22.7 Å². The van der Waals surface area contributed by atoms with Gasteiger partial charge in [0.25, 0.3) is 5.91 Å². The molecular weight excluding hydrogens is 604 g/mol. The second-order valence-electron chi connectivity index (χ2n) is 7.92. The van der Waals surface area contributed by atoms with Gasteiger partial charge in [0.15, 0.2) is 23.2 Å². The summed E-state index contributed by atoms with van der Waals surface area (Å²) in [5.74, 6) is 0.409. The highest BCUT2D eigenvalue weighted by atomic mass is 79.9. The Morgan fingerprint density at radius 3 is 2.85 bits per heavy atom. The summed E-state index contributed by atoms with van der Waals surface area (Å²) < 4.78 is 17.3. The minimum Gasteiger partial charge on any atom is -0.493 e. The van der Waals surface area contributed by atoms with Crippen molar-refractivity contribution in [3.63, 3.8) is 0 Å². The van der Waals surface area contributed by atoms with Crippen LogP contribution in [0.25, 0.3) is 33.9 Å². The number of halogens is 1. The van der Waals surface area contributed by atoms with E-state index in [1.54, 1.807) is 59.4 Å². The fourth-order valence-electron chi connectivity index (χ4n) is 3.58. The quantitative estimate of drug-likeness (QED) is 0.160. The number of hydrogen-bond acceptors (Lipinski definition) is 10. The Bertz CT molecular complexity index is 1810. The fraction of sp³-hybridized carbons (Fsp3) is 0.0741. The Morgan fingerprint density at radius 1 is 1.21 bits per heavy atom. The third kappa shape index (κ3) is 6.06. The molecule has 9 nitrogen and oxygen atoms in total. The third-order valence-corrected chi connectivity index (χ3v) is 7.42. The number of ether oxygens (including phenoxy) is 2. The Kier molecular flexibility index (Phi) is 7.83. The molecule has 1 N–H and O–H groups in total. The molecule has 0 bridgehead atoms. The molecular formula is C27H17BrN4O5S2. The van der Waals surface area contributed by atoms with Gasteiger partial charge in [0, 0.05) is 26.8 Å². The molecule has 2 aromatic carbocycles. The van der Waals surface area contributed by atoms with Crippen molar-refractivity contribution in [1.29, 1.82) is 5.26 Å². The van der Waals surface area contributed by atoms with Gasteiger partial charge in [0.05, 0.1) is 23.9 Å². The summed E-state index contributed by atoms with van der Waals surface area (Å²) in [6, 6.07) is 14.3. The third-order valence-electron chi connectivity index (χ3n) is 5.36. The van der Waals surface area contributed by atoms with Gasteiger partial charge in [0.1, 0.15) is 16.7 Å². The molecule has 0 saturated heterocycles. The summed E-state index contributed by atoms with van der Waals surface area (Å²) in [6.07, 6.45) is 3.25. The second kappa shape index (κ2) is 11.6. The number of amides is 1. The number of anilines is 1. The van der Waals surface area contributed by atoms with E-state index in [2.05, 4.69) is 37.3 Å². The number of methoxy groups -OCH3 is 1. The van der Waals surface area contributed by atoms with Crippen LogP contribution in [0.3, 0.4) is 0 Å². The highest BCUT2D eigenvalue weighted by Crippen LogP contribution is 2.32. The standard InChI is InChI=1S/C27H17BrN4O5S2/c1-35-23-9-15(2-4-22(23)36-13-24(33)32-27-30-6-7-38-27)8-17(12-29)25-31-20(14-39-25)19-11-16-10-18(28)3-5-21(16)37-26(19)34/h2-11,14H,13H2,1H3,(H,30,32,33)/b17-8+. The van der Waals surface area contributed by atoms with E-state index >= 15 is 0 Å². The van der Waals surface area contributed by atoms with Gasteiger partial charge in [-0.05, 0) is 48.0 Å². The number of allylic oxidation sites excluding steroid dienone is 1. The molecule has 0 fully saturated rings. The summed E-state index contributed by atoms with van der Waals surface area (Å²) >= 11 is 5.97. The lowest BCUT2D eigenvalue weighted by atomic mass is 10.1. The van der Waals surface area contributed by atoms with E-state index in [9.17, 15) is 14.9 Å². The predicted molar refractivity (Wildman–Crippen MR) is 154 cm³/mol. The zero-order valence-corrected chi connectivity index (χ0v) is 23.4. The largest absolute Gasteiger partial charge is 0.493 e. The van der Waals surface area contributed by atoms with Crippen LogP contribution in [-0.2, 0) is 4.79 Å². The first-order chi connectivity index (χ1) is 18.9. The smallest absolute Gasteiger partial charge is 0.345 e. The number of nitrogens with zero attached hydrogens (tertiary/aromatic N) is 3. The number of carbonyl (C=O) groups is 1. The van der Waals surface area contributed by atoms with Gasteiger partial charge < -0.3 is 13.9 Å². The molecule has 1 amide bonds. The molecule has 12 heteroatoms. The lowest BCUT2D eigenvalue weighted by Gasteiger charge is -2.11. The monoisotopic (exact) mass is 620 g/mol. The maximum Gasteiger partial charge on any atom is 0.345 e. The van der Waals surface area contributed by atoms with E-state index in [0.29, 0.717) is 49.6 Å². The van der Waals surface area contributed by atoms with Crippen molar-refractivity contribution >= 4 is 72.3 Å². The molecule has 39 heavy (non-hydrogen) atoms. The zero-order chi connectivity index (χ0) is 27.4. The summed E-state index contributed by atoms with van der Waals surface area (Å²) in [6.45, 7) is -0.226. The molecule has 0 spiro atoms. The number of aromatic nitrogens is 2. The average molecular weight is 621 g/mol. The van der Waals surface area contributed by atoms with Gasteiger partial charge in [-0.25, -0.2) is 14.8 Å². The number of benzene rings is 2. The number of thiazole rings is 2. The minimum atomic E-state index is -0.509. The van der Waals surface area contributed by atoms with E-state index < -0.39 is 5.63 Å². The summed E-state index contributed by atoms with van der Waals surface area (Å²) in [4.78, 5) is 33.2. The lowest BCUT2D eigenvalue weighted by molar-refractivity contribution is -0.118. The van der Waals surface area contributed by atoms with E-state index in [-0.39, 0.29) is 12.5 Å². The lowest BCUT2D eigenvalue weighted by Crippen LogP contribution is -2.20. The van der Waals surface area contributed by atoms with Crippen molar-refractivity contribution in [1.82, 2.24) is 9.97 Å². The van der Waals surface area contributed by atoms with Gasteiger partial charge >= 0.3 is 5.63 Å². The molecule has 5 rings (SSSR count). The van der Waals surface area contributed by atoms with Crippen molar-refractivity contribution in [3.05, 3.63) is 84.9 Å². The maximum atomic E-state index is 12.6. The number of hydrogen-bond donors (Lipinski definition) is 1. The number of fused-ring (bicyclic) bond motifs is 1. The first-order valence-electron chi connectivity index (χ1n) is 11.2. The Balaban J connectivity index is 1.36. The van der Waals surface area contributed by atoms with Gasteiger partial charge in [-0.2, -0.15) is 5.26 Å². The van der Waals surface area contributed by atoms with Crippen LogP contribution in [0.5, 0.6) is 11.5 Å². The van der Waals surface area contributed by atoms with Crippen LogP contribution < -0.4 is 20.4 Å². The normalized spacial score (nSPS) is 11.3.